The van der Waals surface area contributed by atoms with Crippen molar-refractivity contribution in [2.24, 2.45) is 0 Å². The number of nitrogens with zero attached hydrogens (tertiary/aromatic N) is 2. The van der Waals surface area contributed by atoms with E-state index in [9.17, 15) is 4.79 Å². The van der Waals surface area contributed by atoms with Crippen molar-refractivity contribution in [1.29, 1.82) is 0 Å². The second kappa shape index (κ2) is 11.3. The smallest absolute Gasteiger partial charge is 0.246 e. The summed E-state index contributed by atoms with van der Waals surface area (Å²) in [6, 6.07) is 13.4. The number of ether oxygens (including phenoxy) is 3. The first kappa shape index (κ1) is 23.3. The van der Waals surface area contributed by atoms with Crippen LogP contribution in [0.2, 0.25) is 0 Å². The van der Waals surface area contributed by atoms with Crippen molar-refractivity contribution in [3.05, 3.63) is 75.7 Å². The third-order valence-electron chi connectivity index (χ3n) is 4.91. The summed E-state index contributed by atoms with van der Waals surface area (Å²) in [5.74, 6) is 2.10. The van der Waals surface area contributed by atoms with E-state index >= 15 is 0 Å². The van der Waals surface area contributed by atoms with E-state index in [1.807, 2.05) is 60.8 Å². The molecule has 168 valence electrons. The molecule has 0 spiro atoms. The van der Waals surface area contributed by atoms with Crippen LogP contribution in [0.25, 0.3) is 6.08 Å². The number of hydrogen-bond donors (Lipinski definition) is 0. The molecule has 0 fully saturated rings. The quantitative estimate of drug-likeness (QED) is 0.415. The van der Waals surface area contributed by atoms with Gasteiger partial charge < -0.3 is 19.1 Å². The lowest BCUT2D eigenvalue weighted by atomic mass is 10.1. The Morgan fingerprint density at radius 2 is 1.84 bits per heavy atom. The van der Waals surface area contributed by atoms with Crippen LogP contribution in [-0.2, 0) is 17.8 Å². The lowest BCUT2D eigenvalue weighted by molar-refractivity contribution is -0.124. The van der Waals surface area contributed by atoms with Crippen molar-refractivity contribution in [2.75, 3.05) is 27.8 Å². The highest BCUT2D eigenvalue weighted by atomic mass is 32.1. The Morgan fingerprint density at radius 3 is 2.50 bits per heavy atom. The Labute approximate surface area is 193 Å². The molecule has 1 amide bonds. The number of thiazole rings is 1. The molecule has 0 aliphatic rings. The summed E-state index contributed by atoms with van der Waals surface area (Å²) < 4.78 is 16.4. The maximum Gasteiger partial charge on any atom is 0.246 e. The number of hydrogen-bond acceptors (Lipinski definition) is 6. The second-order valence-electron chi connectivity index (χ2n) is 7.25. The van der Waals surface area contributed by atoms with Crippen LogP contribution in [0.4, 0.5) is 0 Å². The van der Waals surface area contributed by atoms with Crippen molar-refractivity contribution in [1.82, 2.24) is 9.88 Å². The molecule has 0 N–H and O–H groups in total. The van der Waals surface area contributed by atoms with E-state index < -0.39 is 0 Å². The molecule has 0 aliphatic carbocycles. The predicted octanol–water partition coefficient (Wildman–Crippen LogP) is 4.76. The number of aryl methyl sites for hydroxylation is 1. The normalized spacial score (nSPS) is 10.9. The van der Waals surface area contributed by atoms with Crippen LogP contribution >= 0.6 is 11.3 Å². The number of likely N-dealkylation sites (N-methyl/N-ethyl adjacent to an activating group) is 1. The second-order valence-corrected chi connectivity index (χ2v) is 8.31. The zero-order valence-electron chi connectivity index (χ0n) is 18.8. The summed E-state index contributed by atoms with van der Waals surface area (Å²) in [4.78, 5) is 18.5. The Balaban J connectivity index is 1.48. The molecular weight excluding hydrogens is 424 g/mol. The van der Waals surface area contributed by atoms with Gasteiger partial charge in [-0.1, -0.05) is 18.2 Å². The molecule has 2 aromatic carbocycles. The van der Waals surface area contributed by atoms with E-state index in [0.29, 0.717) is 24.7 Å². The van der Waals surface area contributed by atoms with Gasteiger partial charge in [-0.05, 0) is 54.8 Å². The van der Waals surface area contributed by atoms with E-state index in [1.165, 1.54) is 0 Å². The largest absolute Gasteiger partial charge is 0.493 e. The Bertz CT molecular complexity index is 1060. The van der Waals surface area contributed by atoms with Crippen molar-refractivity contribution in [2.45, 2.75) is 20.0 Å². The third kappa shape index (κ3) is 6.59. The highest BCUT2D eigenvalue weighted by molar-refractivity contribution is 7.09. The van der Waals surface area contributed by atoms with Crippen molar-refractivity contribution >= 4 is 23.3 Å². The molecule has 32 heavy (non-hydrogen) atoms. The van der Waals surface area contributed by atoms with Gasteiger partial charge in [0.15, 0.2) is 11.5 Å². The fourth-order valence-electron chi connectivity index (χ4n) is 3.04. The standard InChI is InChI=1S/C25H28N2O4S/c1-18-26-21(17-32-18)16-31-22-9-5-19(6-10-22)8-12-25(28)27(2)14-13-20-7-11-23(29-3)24(15-20)30-4/h5-12,15,17H,13-14,16H2,1-4H3/b12-8+. The van der Waals surface area contributed by atoms with Crippen LogP contribution in [0.15, 0.2) is 53.9 Å². The van der Waals surface area contributed by atoms with Crippen LogP contribution in [0.3, 0.4) is 0 Å². The Kier molecular flexibility index (Phi) is 8.27. The van der Waals surface area contributed by atoms with Crippen LogP contribution < -0.4 is 14.2 Å². The average molecular weight is 453 g/mol. The highest BCUT2D eigenvalue weighted by Crippen LogP contribution is 2.27. The molecule has 0 saturated carbocycles. The molecule has 0 aliphatic heterocycles. The Hall–Kier alpha value is -3.32. The predicted molar refractivity (Wildman–Crippen MR) is 128 cm³/mol. The number of methoxy groups -OCH3 is 2. The number of carbonyl (C=O) groups excluding carboxylic acids is 1. The SMILES string of the molecule is COc1ccc(CCN(C)C(=O)/C=C/c2ccc(OCc3csc(C)n3)cc2)cc1OC. The Morgan fingerprint density at radius 1 is 1.09 bits per heavy atom. The van der Waals surface area contributed by atoms with E-state index in [0.717, 1.165) is 34.0 Å². The summed E-state index contributed by atoms with van der Waals surface area (Å²) in [5, 5.41) is 3.03. The minimum Gasteiger partial charge on any atom is -0.493 e. The molecule has 6 nitrogen and oxygen atoms in total. The van der Waals surface area contributed by atoms with Gasteiger partial charge in [0.1, 0.15) is 12.4 Å². The van der Waals surface area contributed by atoms with Crippen LogP contribution in [0, 0.1) is 6.92 Å². The van der Waals surface area contributed by atoms with Gasteiger partial charge in [-0.15, -0.1) is 11.3 Å². The molecule has 0 radical (unpaired) electrons. The summed E-state index contributed by atoms with van der Waals surface area (Å²) in [5.41, 5.74) is 2.94. The molecule has 0 unspecified atom stereocenters. The summed E-state index contributed by atoms with van der Waals surface area (Å²) in [6.07, 6.45) is 4.12. The molecule has 0 bridgehead atoms. The van der Waals surface area contributed by atoms with Crippen LogP contribution in [0.5, 0.6) is 17.2 Å². The number of benzene rings is 2. The molecule has 1 aromatic heterocycles. The van der Waals surface area contributed by atoms with Gasteiger partial charge in [0.05, 0.1) is 24.9 Å². The number of carbonyl (C=O) groups is 1. The van der Waals surface area contributed by atoms with Gasteiger partial charge in [0.25, 0.3) is 0 Å². The number of amides is 1. The number of rotatable bonds is 10. The fraction of sp³-hybridized carbons (Fsp3) is 0.280. The zero-order chi connectivity index (χ0) is 22.9. The number of aromatic nitrogens is 1. The van der Waals surface area contributed by atoms with E-state index in [4.69, 9.17) is 14.2 Å². The van der Waals surface area contributed by atoms with Gasteiger partial charge in [-0.3, -0.25) is 4.79 Å². The molecule has 0 atom stereocenters. The first-order valence-electron chi connectivity index (χ1n) is 10.3. The first-order chi connectivity index (χ1) is 15.5. The van der Waals surface area contributed by atoms with Gasteiger partial charge in [0, 0.05) is 25.0 Å². The maximum absolute atomic E-state index is 12.5. The van der Waals surface area contributed by atoms with Gasteiger partial charge >= 0.3 is 0 Å². The lowest BCUT2D eigenvalue weighted by Crippen LogP contribution is -2.27. The van der Waals surface area contributed by atoms with Crippen molar-refractivity contribution in [3.63, 3.8) is 0 Å². The minimum atomic E-state index is -0.0512. The van der Waals surface area contributed by atoms with Crippen molar-refractivity contribution in [3.8, 4) is 17.2 Å². The average Bonchev–Trinajstić information content (AvgIpc) is 3.25. The van der Waals surface area contributed by atoms with E-state index in [2.05, 4.69) is 4.98 Å². The molecule has 3 rings (SSSR count). The van der Waals surface area contributed by atoms with E-state index in [1.54, 1.807) is 43.6 Å². The molecular formula is C25H28N2O4S. The summed E-state index contributed by atoms with van der Waals surface area (Å²) >= 11 is 1.61. The summed E-state index contributed by atoms with van der Waals surface area (Å²) in [7, 11) is 5.02. The summed E-state index contributed by atoms with van der Waals surface area (Å²) in [6.45, 7) is 3.02. The minimum absolute atomic E-state index is 0.0512. The molecule has 7 heteroatoms. The lowest BCUT2D eigenvalue weighted by Gasteiger charge is -2.16. The zero-order valence-corrected chi connectivity index (χ0v) is 19.6. The molecule has 1 heterocycles. The monoisotopic (exact) mass is 452 g/mol. The highest BCUT2D eigenvalue weighted by Gasteiger charge is 2.08. The van der Waals surface area contributed by atoms with Gasteiger partial charge in [-0.25, -0.2) is 4.98 Å². The topological polar surface area (TPSA) is 60.9 Å². The first-order valence-corrected chi connectivity index (χ1v) is 11.1. The molecule has 0 saturated heterocycles. The van der Waals surface area contributed by atoms with E-state index in [-0.39, 0.29) is 5.91 Å². The van der Waals surface area contributed by atoms with Gasteiger partial charge in [0.2, 0.25) is 5.91 Å². The van der Waals surface area contributed by atoms with Crippen LogP contribution in [-0.4, -0.2) is 43.6 Å². The van der Waals surface area contributed by atoms with Crippen LogP contribution in [0.1, 0.15) is 21.8 Å². The molecule has 3 aromatic rings. The van der Waals surface area contributed by atoms with Gasteiger partial charge in [-0.2, -0.15) is 0 Å². The maximum atomic E-state index is 12.5. The third-order valence-corrected chi connectivity index (χ3v) is 5.73. The van der Waals surface area contributed by atoms with Crippen molar-refractivity contribution < 1.29 is 19.0 Å². The fourth-order valence-corrected chi connectivity index (χ4v) is 3.64.